The third-order valence-electron chi connectivity index (χ3n) is 2.20. The van der Waals surface area contributed by atoms with Crippen molar-refractivity contribution < 1.29 is 9.53 Å². The van der Waals surface area contributed by atoms with E-state index in [4.69, 9.17) is 4.74 Å². The first-order chi connectivity index (χ1) is 6.97. The number of hydrogen-bond acceptors (Lipinski definition) is 3. The molecule has 1 atom stereocenters. The molecule has 0 spiro atoms. The van der Waals surface area contributed by atoms with E-state index in [9.17, 15) is 4.79 Å². The van der Waals surface area contributed by atoms with Crippen LogP contribution in [0, 0.1) is 0 Å². The highest BCUT2D eigenvalue weighted by Crippen LogP contribution is 2.10. The molecule has 0 unspecified atom stereocenters. The number of ether oxygens (including phenoxy) is 1. The maximum absolute atomic E-state index is 11.4. The Bertz CT molecular complexity index is 205. The minimum absolute atomic E-state index is 0.0421. The van der Waals surface area contributed by atoms with Crippen molar-refractivity contribution in [3.63, 3.8) is 0 Å². The molecule has 1 aliphatic heterocycles. The van der Waals surface area contributed by atoms with Crippen molar-refractivity contribution in [2.45, 2.75) is 45.3 Å². The highest BCUT2D eigenvalue weighted by Gasteiger charge is 2.16. The number of carbonyl (C=O) groups excluding carboxylic acids is 1. The number of nitrogens with one attached hydrogen (secondary N) is 2. The first-order valence-corrected chi connectivity index (χ1v) is 5.61. The van der Waals surface area contributed by atoms with Crippen LogP contribution >= 0.6 is 0 Å². The van der Waals surface area contributed by atoms with E-state index in [1.807, 2.05) is 20.8 Å². The summed E-state index contributed by atoms with van der Waals surface area (Å²) in [4.78, 5) is 11.4. The summed E-state index contributed by atoms with van der Waals surface area (Å²) in [5.41, 5.74) is -0.150. The average molecular weight is 214 g/mol. The summed E-state index contributed by atoms with van der Waals surface area (Å²) in [6, 6.07) is 0. The van der Waals surface area contributed by atoms with Gasteiger partial charge in [-0.05, 0) is 33.6 Å². The number of hydrogen-bond donors (Lipinski definition) is 2. The summed E-state index contributed by atoms with van der Waals surface area (Å²) < 4.78 is 5.44. The van der Waals surface area contributed by atoms with Crippen LogP contribution in [-0.4, -0.2) is 37.2 Å². The molecule has 1 rings (SSSR count). The van der Waals surface area contributed by atoms with E-state index in [0.29, 0.717) is 12.6 Å². The van der Waals surface area contributed by atoms with Crippen LogP contribution in [-0.2, 0) is 9.53 Å². The molecule has 0 aromatic carbocycles. The zero-order valence-corrected chi connectivity index (χ0v) is 9.93. The summed E-state index contributed by atoms with van der Waals surface area (Å²) in [7, 11) is 0. The maximum atomic E-state index is 11.4. The Morgan fingerprint density at radius 3 is 2.73 bits per heavy atom. The van der Waals surface area contributed by atoms with Gasteiger partial charge in [-0.3, -0.25) is 4.79 Å². The Balaban J connectivity index is 2.06. The van der Waals surface area contributed by atoms with E-state index in [0.717, 1.165) is 26.0 Å². The zero-order chi connectivity index (χ0) is 11.3. The SMILES string of the molecule is CC(C)(C)NC(=O)CNC[C@@H]1CCCO1. The molecule has 4 nitrogen and oxygen atoms in total. The Hall–Kier alpha value is -0.610. The molecule has 1 saturated heterocycles. The maximum Gasteiger partial charge on any atom is 0.234 e. The van der Waals surface area contributed by atoms with Crippen molar-refractivity contribution in [1.29, 1.82) is 0 Å². The summed E-state index contributed by atoms with van der Waals surface area (Å²) in [6.07, 6.45) is 2.54. The lowest BCUT2D eigenvalue weighted by Gasteiger charge is -2.20. The molecular formula is C11H22N2O2. The smallest absolute Gasteiger partial charge is 0.234 e. The monoisotopic (exact) mass is 214 g/mol. The van der Waals surface area contributed by atoms with Gasteiger partial charge in [0.2, 0.25) is 5.91 Å². The van der Waals surface area contributed by atoms with E-state index in [1.165, 1.54) is 0 Å². The minimum atomic E-state index is -0.150. The largest absolute Gasteiger partial charge is 0.377 e. The fourth-order valence-corrected chi connectivity index (χ4v) is 1.61. The van der Waals surface area contributed by atoms with Crippen LogP contribution in [0.5, 0.6) is 0 Å². The second kappa shape index (κ2) is 5.47. The highest BCUT2D eigenvalue weighted by molar-refractivity contribution is 5.78. The third-order valence-corrected chi connectivity index (χ3v) is 2.20. The Kier molecular flexibility index (Phi) is 4.54. The van der Waals surface area contributed by atoms with E-state index in [-0.39, 0.29) is 11.4 Å². The summed E-state index contributed by atoms with van der Waals surface area (Å²) in [5.74, 6) is 0.0421. The van der Waals surface area contributed by atoms with Gasteiger partial charge in [0.1, 0.15) is 0 Å². The molecule has 1 fully saturated rings. The van der Waals surface area contributed by atoms with Gasteiger partial charge in [0, 0.05) is 18.7 Å². The van der Waals surface area contributed by atoms with Crippen molar-refractivity contribution >= 4 is 5.91 Å². The first-order valence-electron chi connectivity index (χ1n) is 5.61. The summed E-state index contributed by atoms with van der Waals surface area (Å²) >= 11 is 0. The molecule has 0 saturated carbocycles. The lowest BCUT2D eigenvalue weighted by molar-refractivity contribution is -0.121. The fourth-order valence-electron chi connectivity index (χ4n) is 1.61. The van der Waals surface area contributed by atoms with Gasteiger partial charge in [0.25, 0.3) is 0 Å². The quantitative estimate of drug-likeness (QED) is 0.723. The average Bonchev–Trinajstić information content (AvgIpc) is 2.53. The summed E-state index contributed by atoms with van der Waals surface area (Å²) in [5, 5.41) is 6.01. The molecule has 0 aliphatic carbocycles. The molecular weight excluding hydrogens is 192 g/mol. The molecule has 0 radical (unpaired) electrons. The van der Waals surface area contributed by atoms with Gasteiger partial charge in [-0.25, -0.2) is 0 Å². The topological polar surface area (TPSA) is 50.4 Å². The van der Waals surface area contributed by atoms with Gasteiger partial charge in [-0.2, -0.15) is 0 Å². The van der Waals surface area contributed by atoms with Gasteiger partial charge < -0.3 is 15.4 Å². The Morgan fingerprint density at radius 2 is 2.20 bits per heavy atom. The number of rotatable bonds is 4. The van der Waals surface area contributed by atoms with Crippen LogP contribution in [0.1, 0.15) is 33.6 Å². The predicted molar refractivity (Wildman–Crippen MR) is 59.7 cm³/mol. The van der Waals surface area contributed by atoms with Crippen LogP contribution < -0.4 is 10.6 Å². The molecule has 0 aromatic rings. The second-order valence-electron chi connectivity index (χ2n) is 5.06. The standard InChI is InChI=1S/C11H22N2O2/c1-11(2,3)13-10(14)8-12-7-9-5-4-6-15-9/h9,12H,4-8H2,1-3H3,(H,13,14)/t9-/m0/s1. The zero-order valence-electron chi connectivity index (χ0n) is 9.93. The molecule has 1 heterocycles. The normalized spacial score (nSPS) is 21.7. The Labute approximate surface area is 91.8 Å². The number of amides is 1. The highest BCUT2D eigenvalue weighted by atomic mass is 16.5. The lowest BCUT2D eigenvalue weighted by Crippen LogP contribution is -2.45. The van der Waals surface area contributed by atoms with Gasteiger partial charge in [0.15, 0.2) is 0 Å². The van der Waals surface area contributed by atoms with Crippen LogP contribution in [0.2, 0.25) is 0 Å². The van der Waals surface area contributed by atoms with Crippen molar-refractivity contribution in [3.05, 3.63) is 0 Å². The van der Waals surface area contributed by atoms with Gasteiger partial charge in [-0.1, -0.05) is 0 Å². The molecule has 15 heavy (non-hydrogen) atoms. The van der Waals surface area contributed by atoms with Crippen molar-refractivity contribution in [2.75, 3.05) is 19.7 Å². The van der Waals surface area contributed by atoms with Crippen molar-refractivity contribution in [1.82, 2.24) is 10.6 Å². The van der Waals surface area contributed by atoms with Crippen molar-refractivity contribution in [2.24, 2.45) is 0 Å². The van der Waals surface area contributed by atoms with Crippen molar-refractivity contribution in [3.8, 4) is 0 Å². The molecule has 1 aliphatic rings. The molecule has 2 N–H and O–H groups in total. The van der Waals surface area contributed by atoms with E-state index >= 15 is 0 Å². The van der Waals surface area contributed by atoms with E-state index in [1.54, 1.807) is 0 Å². The first kappa shape index (κ1) is 12.5. The molecule has 0 bridgehead atoms. The van der Waals surface area contributed by atoms with Gasteiger partial charge >= 0.3 is 0 Å². The third kappa shape index (κ3) is 5.74. The number of carbonyl (C=O) groups is 1. The van der Waals surface area contributed by atoms with Crippen LogP contribution in [0.3, 0.4) is 0 Å². The molecule has 1 amide bonds. The van der Waals surface area contributed by atoms with Crippen LogP contribution in [0.15, 0.2) is 0 Å². The summed E-state index contributed by atoms with van der Waals surface area (Å²) in [6.45, 7) is 7.94. The Morgan fingerprint density at radius 1 is 1.47 bits per heavy atom. The lowest BCUT2D eigenvalue weighted by atomic mass is 10.1. The minimum Gasteiger partial charge on any atom is -0.377 e. The van der Waals surface area contributed by atoms with E-state index < -0.39 is 0 Å². The van der Waals surface area contributed by atoms with Gasteiger partial charge in [-0.15, -0.1) is 0 Å². The van der Waals surface area contributed by atoms with E-state index in [2.05, 4.69) is 10.6 Å². The van der Waals surface area contributed by atoms with Gasteiger partial charge in [0.05, 0.1) is 12.6 Å². The molecule has 4 heteroatoms. The predicted octanol–water partition coefficient (Wildman–Crippen LogP) is 0.670. The second-order valence-corrected chi connectivity index (χ2v) is 5.06. The molecule has 0 aromatic heterocycles. The van der Waals surface area contributed by atoms with Crippen LogP contribution in [0.4, 0.5) is 0 Å². The fraction of sp³-hybridized carbons (Fsp3) is 0.909. The molecule has 88 valence electrons. The van der Waals surface area contributed by atoms with Crippen LogP contribution in [0.25, 0.3) is 0 Å².